The zero-order valence-corrected chi connectivity index (χ0v) is 7.61. The topological polar surface area (TPSA) is 65.3 Å². The van der Waals surface area contributed by atoms with E-state index in [2.05, 4.69) is 4.98 Å². The molecule has 1 rings (SSSR count). The van der Waals surface area contributed by atoms with Crippen LogP contribution in [-0.4, -0.2) is 16.5 Å². The Morgan fingerprint density at radius 2 is 2.46 bits per heavy atom. The first-order valence-electron chi connectivity index (χ1n) is 3.58. The summed E-state index contributed by atoms with van der Waals surface area (Å²) in [4.78, 5) is 13.5. The first-order chi connectivity index (χ1) is 6.15. The summed E-state index contributed by atoms with van der Waals surface area (Å²) in [5, 5.41) is 10.6. The van der Waals surface area contributed by atoms with Crippen LogP contribution in [0.15, 0.2) is 12.3 Å². The molecule has 0 aliphatic rings. The Morgan fingerprint density at radius 3 is 3.00 bits per heavy atom. The van der Waals surface area contributed by atoms with Crippen LogP contribution < -0.4 is 4.74 Å². The van der Waals surface area contributed by atoms with Gasteiger partial charge in [0.05, 0.1) is 11.5 Å². The monoisotopic (exact) mass is 202 g/mol. The first kappa shape index (κ1) is 9.73. The van der Waals surface area contributed by atoms with Gasteiger partial charge in [-0.2, -0.15) is 0 Å². The van der Waals surface area contributed by atoms with E-state index in [1.54, 1.807) is 6.92 Å². The summed E-state index contributed by atoms with van der Waals surface area (Å²) >= 11 is 5.54. The quantitative estimate of drug-likeness (QED) is 0.427. The van der Waals surface area contributed by atoms with E-state index in [9.17, 15) is 10.1 Å². The molecule has 0 aliphatic heterocycles. The van der Waals surface area contributed by atoms with Crippen LogP contribution in [0.1, 0.15) is 6.92 Å². The molecule has 0 amide bonds. The molecule has 1 aromatic rings. The van der Waals surface area contributed by atoms with E-state index in [1.807, 2.05) is 0 Å². The minimum Gasteiger partial charge on any atom is -0.487 e. The average molecular weight is 203 g/mol. The second kappa shape index (κ2) is 4.04. The second-order valence-corrected chi connectivity index (χ2v) is 2.55. The lowest BCUT2D eigenvalue weighted by Crippen LogP contribution is -1.98. The van der Waals surface area contributed by atoms with Crippen LogP contribution in [-0.2, 0) is 0 Å². The highest BCUT2D eigenvalue weighted by molar-refractivity contribution is 6.29. The zero-order valence-electron chi connectivity index (χ0n) is 6.86. The van der Waals surface area contributed by atoms with Gasteiger partial charge in [0.2, 0.25) is 5.75 Å². The Labute approximate surface area is 79.5 Å². The summed E-state index contributed by atoms with van der Waals surface area (Å²) in [6.07, 6.45) is 1.08. The molecule has 0 N–H and O–H groups in total. The number of nitrogens with zero attached hydrogens (tertiary/aromatic N) is 2. The van der Waals surface area contributed by atoms with Gasteiger partial charge in [-0.3, -0.25) is 10.1 Å². The molecule has 70 valence electrons. The van der Waals surface area contributed by atoms with Crippen molar-refractivity contribution in [1.82, 2.24) is 4.98 Å². The molecule has 6 heteroatoms. The third-order valence-electron chi connectivity index (χ3n) is 1.31. The fourth-order valence-electron chi connectivity index (χ4n) is 0.814. The predicted octanol–water partition coefficient (Wildman–Crippen LogP) is 2.04. The van der Waals surface area contributed by atoms with Crippen LogP contribution in [0.25, 0.3) is 0 Å². The molecule has 0 radical (unpaired) electrons. The van der Waals surface area contributed by atoms with Gasteiger partial charge in [0.15, 0.2) is 0 Å². The maximum Gasteiger partial charge on any atom is 0.329 e. The van der Waals surface area contributed by atoms with E-state index in [0.717, 1.165) is 6.20 Å². The van der Waals surface area contributed by atoms with Gasteiger partial charge < -0.3 is 4.74 Å². The molecule has 0 aromatic carbocycles. The van der Waals surface area contributed by atoms with Crippen LogP contribution in [0, 0.1) is 10.1 Å². The standard InChI is InChI=1S/C7H7ClN2O3/c1-2-13-6-3-7(8)9-4-5(6)10(11)12/h3-4H,2H2,1H3. The molecule has 0 aliphatic carbocycles. The second-order valence-electron chi connectivity index (χ2n) is 2.16. The molecule has 0 fully saturated rings. The number of halogens is 1. The van der Waals surface area contributed by atoms with Crippen LogP contribution in [0.5, 0.6) is 5.75 Å². The Kier molecular flexibility index (Phi) is 3.02. The summed E-state index contributed by atoms with van der Waals surface area (Å²) < 4.78 is 5.01. The Hall–Kier alpha value is -1.36. The van der Waals surface area contributed by atoms with E-state index in [4.69, 9.17) is 16.3 Å². The van der Waals surface area contributed by atoms with Gasteiger partial charge >= 0.3 is 5.69 Å². The molecule has 5 nitrogen and oxygen atoms in total. The van der Waals surface area contributed by atoms with Gasteiger partial charge in [-0.25, -0.2) is 4.98 Å². The van der Waals surface area contributed by atoms with Crippen molar-refractivity contribution in [2.45, 2.75) is 6.92 Å². The number of nitro groups is 1. The van der Waals surface area contributed by atoms with Crippen molar-refractivity contribution in [2.24, 2.45) is 0 Å². The van der Waals surface area contributed by atoms with Crippen molar-refractivity contribution >= 4 is 17.3 Å². The first-order valence-corrected chi connectivity index (χ1v) is 3.95. The van der Waals surface area contributed by atoms with Crippen molar-refractivity contribution in [2.75, 3.05) is 6.61 Å². The predicted molar refractivity (Wildman–Crippen MR) is 47.1 cm³/mol. The third kappa shape index (κ3) is 2.29. The van der Waals surface area contributed by atoms with Crippen molar-refractivity contribution in [3.05, 3.63) is 27.5 Å². The molecule has 0 atom stereocenters. The van der Waals surface area contributed by atoms with E-state index in [-0.39, 0.29) is 16.6 Å². The summed E-state index contributed by atoms with van der Waals surface area (Å²) in [6, 6.07) is 1.32. The average Bonchev–Trinajstić information content (AvgIpc) is 2.04. The number of rotatable bonds is 3. The fourth-order valence-corrected chi connectivity index (χ4v) is 0.962. The highest BCUT2D eigenvalue weighted by atomic mass is 35.5. The molecule has 1 aromatic heterocycles. The summed E-state index contributed by atoms with van der Waals surface area (Å²) in [5.41, 5.74) is -0.175. The molecule has 0 spiro atoms. The largest absolute Gasteiger partial charge is 0.487 e. The van der Waals surface area contributed by atoms with E-state index < -0.39 is 4.92 Å². The number of aromatic nitrogens is 1. The molecule has 13 heavy (non-hydrogen) atoms. The van der Waals surface area contributed by atoms with Gasteiger partial charge in [-0.1, -0.05) is 11.6 Å². The summed E-state index contributed by atoms with van der Waals surface area (Å²) in [5.74, 6) is 0.146. The van der Waals surface area contributed by atoms with Crippen molar-refractivity contribution < 1.29 is 9.66 Å². The molecule has 0 saturated carbocycles. The molecule has 1 heterocycles. The lowest BCUT2D eigenvalue weighted by molar-refractivity contribution is -0.386. The minimum absolute atomic E-state index is 0.146. The van der Waals surface area contributed by atoms with Crippen molar-refractivity contribution in [3.63, 3.8) is 0 Å². The van der Waals surface area contributed by atoms with E-state index in [1.165, 1.54) is 6.07 Å². The number of ether oxygens (including phenoxy) is 1. The Balaban J connectivity index is 3.10. The highest BCUT2D eigenvalue weighted by Crippen LogP contribution is 2.27. The lowest BCUT2D eigenvalue weighted by atomic mass is 10.4. The van der Waals surface area contributed by atoms with Crippen molar-refractivity contribution in [3.8, 4) is 5.75 Å². The lowest BCUT2D eigenvalue weighted by Gasteiger charge is -2.02. The van der Waals surface area contributed by atoms with Gasteiger partial charge in [-0.05, 0) is 6.92 Å². The number of hydrogen-bond donors (Lipinski definition) is 0. The maximum atomic E-state index is 10.5. The fraction of sp³-hybridized carbons (Fsp3) is 0.286. The third-order valence-corrected chi connectivity index (χ3v) is 1.52. The van der Waals surface area contributed by atoms with E-state index >= 15 is 0 Å². The molecule has 0 bridgehead atoms. The highest BCUT2D eigenvalue weighted by Gasteiger charge is 2.15. The summed E-state index contributed by atoms with van der Waals surface area (Å²) in [6.45, 7) is 2.08. The smallest absolute Gasteiger partial charge is 0.329 e. The van der Waals surface area contributed by atoms with Crippen LogP contribution >= 0.6 is 11.6 Å². The SMILES string of the molecule is CCOc1cc(Cl)ncc1[N+](=O)[O-]. The maximum absolute atomic E-state index is 10.5. The van der Waals surface area contributed by atoms with Gasteiger partial charge in [0, 0.05) is 6.07 Å². The Bertz CT molecular complexity index is 330. The number of pyridine rings is 1. The van der Waals surface area contributed by atoms with Gasteiger partial charge in [0.25, 0.3) is 0 Å². The van der Waals surface area contributed by atoms with Crippen LogP contribution in [0.2, 0.25) is 5.15 Å². The molecular weight excluding hydrogens is 196 g/mol. The Morgan fingerprint density at radius 1 is 1.77 bits per heavy atom. The zero-order chi connectivity index (χ0) is 9.84. The van der Waals surface area contributed by atoms with Crippen LogP contribution in [0.3, 0.4) is 0 Å². The molecule has 0 saturated heterocycles. The summed E-state index contributed by atoms with van der Waals surface area (Å²) in [7, 11) is 0. The normalized spacial score (nSPS) is 9.69. The molecule has 0 unspecified atom stereocenters. The molecular formula is C7H7ClN2O3. The van der Waals surface area contributed by atoms with E-state index in [0.29, 0.717) is 6.61 Å². The number of hydrogen-bond acceptors (Lipinski definition) is 4. The van der Waals surface area contributed by atoms with Crippen molar-refractivity contribution in [1.29, 1.82) is 0 Å². The van der Waals surface area contributed by atoms with Crippen LogP contribution in [0.4, 0.5) is 5.69 Å². The minimum atomic E-state index is -0.561. The van der Waals surface area contributed by atoms with Gasteiger partial charge in [-0.15, -0.1) is 0 Å². The van der Waals surface area contributed by atoms with Gasteiger partial charge in [0.1, 0.15) is 11.3 Å².